The predicted octanol–water partition coefficient (Wildman–Crippen LogP) is 0.963. The Labute approximate surface area is 184 Å². The quantitative estimate of drug-likeness (QED) is 0.391. The Bertz CT molecular complexity index is 1070. The zero-order valence-corrected chi connectivity index (χ0v) is 17.7. The molecule has 4 fully saturated rings. The molecule has 170 valence electrons. The third-order valence-electron chi connectivity index (χ3n) is 7.76. The molecule has 2 amide bonds. The molecule has 10 heteroatoms. The van der Waals surface area contributed by atoms with Crippen molar-refractivity contribution in [1.82, 2.24) is 20.1 Å². The van der Waals surface area contributed by atoms with Crippen LogP contribution in [0.1, 0.15) is 43.7 Å². The lowest BCUT2D eigenvalue weighted by Gasteiger charge is -2.58. The van der Waals surface area contributed by atoms with Crippen molar-refractivity contribution < 1.29 is 19.8 Å². The van der Waals surface area contributed by atoms with Crippen LogP contribution in [0.25, 0.3) is 11.3 Å². The number of nitrogens with one attached hydrogen (secondary N) is 4. The molecule has 0 saturated heterocycles. The van der Waals surface area contributed by atoms with Gasteiger partial charge in [-0.3, -0.25) is 14.3 Å². The molecule has 6 N–H and O–H groups in total. The number of rotatable bonds is 4. The van der Waals surface area contributed by atoms with E-state index >= 15 is 0 Å². The van der Waals surface area contributed by atoms with Gasteiger partial charge in [-0.2, -0.15) is 5.10 Å². The fourth-order valence-electron chi connectivity index (χ4n) is 6.90. The second-order valence-corrected chi connectivity index (χ2v) is 9.86. The van der Waals surface area contributed by atoms with Crippen LogP contribution in [0.3, 0.4) is 0 Å². The number of aromatic amines is 1. The molecule has 4 bridgehead atoms. The lowest BCUT2D eigenvalue weighted by molar-refractivity contribution is -0.148. The summed E-state index contributed by atoms with van der Waals surface area (Å²) in [6.07, 6.45) is 6.58. The number of fused-ring (bicyclic) bond motifs is 3. The topological polar surface area (TPSA) is 144 Å². The van der Waals surface area contributed by atoms with Gasteiger partial charge in [0.25, 0.3) is 0 Å². The van der Waals surface area contributed by atoms with Gasteiger partial charge in [0.2, 0.25) is 0 Å². The number of amides is 2. The number of H-pyrrole nitrogens is 1. The van der Waals surface area contributed by atoms with Crippen LogP contribution in [0.4, 0.5) is 11.6 Å². The third kappa shape index (κ3) is 2.96. The summed E-state index contributed by atoms with van der Waals surface area (Å²) >= 11 is 0. The number of aliphatic hydroxyl groups is 2. The van der Waals surface area contributed by atoms with Crippen LogP contribution in [0, 0.1) is 17.8 Å². The first-order valence-electron chi connectivity index (χ1n) is 11.4. The van der Waals surface area contributed by atoms with Gasteiger partial charge in [-0.25, -0.2) is 0 Å². The molecule has 10 nitrogen and oxygen atoms in total. The van der Waals surface area contributed by atoms with Gasteiger partial charge >= 0.3 is 11.8 Å². The van der Waals surface area contributed by atoms with Crippen LogP contribution in [0.2, 0.25) is 0 Å². The smallest absolute Gasteiger partial charge is 0.314 e. The van der Waals surface area contributed by atoms with Crippen LogP contribution in [0.5, 0.6) is 0 Å². The molecule has 1 aliphatic heterocycles. The molecule has 2 aromatic rings. The first-order valence-corrected chi connectivity index (χ1v) is 11.4. The molecule has 4 aliphatic carbocycles. The van der Waals surface area contributed by atoms with Gasteiger partial charge in [0.05, 0.1) is 23.9 Å². The molecule has 0 radical (unpaired) electrons. The van der Waals surface area contributed by atoms with E-state index in [2.05, 4.69) is 25.6 Å². The minimum atomic E-state index is -0.801. The summed E-state index contributed by atoms with van der Waals surface area (Å²) in [5, 5.41) is 33.2. The van der Waals surface area contributed by atoms with Crippen molar-refractivity contribution >= 4 is 23.5 Å². The third-order valence-corrected chi connectivity index (χ3v) is 7.76. The zero-order valence-electron chi connectivity index (χ0n) is 17.7. The highest BCUT2D eigenvalue weighted by Crippen LogP contribution is 2.60. The van der Waals surface area contributed by atoms with Crippen molar-refractivity contribution in [2.75, 3.05) is 23.8 Å². The molecule has 32 heavy (non-hydrogen) atoms. The van der Waals surface area contributed by atoms with Crippen molar-refractivity contribution in [2.24, 2.45) is 17.8 Å². The van der Waals surface area contributed by atoms with E-state index in [9.17, 15) is 14.7 Å². The Morgan fingerprint density at radius 1 is 1.22 bits per heavy atom. The predicted molar refractivity (Wildman–Crippen MR) is 116 cm³/mol. The Hall–Kier alpha value is -2.85. The molecular weight excluding hydrogens is 412 g/mol. The summed E-state index contributed by atoms with van der Waals surface area (Å²) < 4.78 is 2.07. The number of aliphatic hydroxyl groups excluding tert-OH is 1. The second kappa shape index (κ2) is 7.08. The minimum Gasteiger partial charge on any atom is -0.395 e. The number of hydrogen-bond acceptors (Lipinski definition) is 6. The van der Waals surface area contributed by atoms with Gasteiger partial charge in [-0.15, -0.1) is 0 Å². The van der Waals surface area contributed by atoms with Crippen molar-refractivity contribution in [1.29, 1.82) is 0 Å². The first-order chi connectivity index (χ1) is 15.5. The molecule has 0 spiro atoms. The van der Waals surface area contributed by atoms with Crippen LogP contribution < -0.4 is 16.0 Å². The maximum atomic E-state index is 12.5. The molecule has 7 rings (SSSR count). The highest BCUT2D eigenvalue weighted by molar-refractivity contribution is 6.39. The normalized spacial score (nSPS) is 31.6. The van der Waals surface area contributed by atoms with Gasteiger partial charge in [-0.1, -0.05) is 0 Å². The Balaban J connectivity index is 1.39. The van der Waals surface area contributed by atoms with E-state index in [1.54, 1.807) is 0 Å². The van der Waals surface area contributed by atoms with E-state index in [1.165, 1.54) is 0 Å². The molecule has 2 aromatic heterocycles. The lowest BCUT2D eigenvalue weighted by Crippen LogP contribution is -2.55. The first kappa shape index (κ1) is 19.8. The number of nitrogens with zero attached hydrogens (tertiary/aromatic N) is 2. The summed E-state index contributed by atoms with van der Waals surface area (Å²) in [6, 6.07) is 2.16. The number of hydrogen-bond donors (Lipinski definition) is 6. The maximum Gasteiger partial charge on any atom is 0.314 e. The summed E-state index contributed by atoms with van der Waals surface area (Å²) in [6.45, 7) is 0.259. The van der Waals surface area contributed by atoms with Gasteiger partial charge in [0, 0.05) is 30.4 Å². The number of carbonyl (C=O) groups is 2. The Kier molecular flexibility index (Phi) is 4.38. The van der Waals surface area contributed by atoms with E-state index in [0.29, 0.717) is 30.1 Å². The average Bonchev–Trinajstić information content (AvgIpc) is 3.35. The van der Waals surface area contributed by atoms with Gasteiger partial charge in [-0.05, 0) is 55.9 Å². The molecule has 5 atom stereocenters. The van der Waals surface area contributed by atoms with Crippen LogP contribution in [0.15, 0.2) is 12.3 Å². The fraction of sp³-hybridized carbons (Fsp3) is 0.591. The zero-order chi connectivity index (χ0) is 22.0. The molecule has 5 aliphatic rings. The van der Waals surface area contributed by atoms with Gasteiger partial charge in [0.1, 0.15) is 5.82 Å². The van der Waals surface area contributed by atoms with E-state index in [-0.39, 0.29) is 19.2 Å². The second-order valence-electron chi connectivity index (χ2n) is 9.86. The number of anilines is 2. The van der Waals surface area contributed by atoms with Gasteiger partial charge in [0.15, 0.2) is 5.82 Å². The fourth-order valence-corrected chi connectivity index (χ4v) is 6.90. The highest BCUT2D eigenvalue weighted by Gasteiger charge is 2.56. The lowest BCUT2D eigenvalue weighted by atomic mass is 9.52. The molecular formula is C22H28N6O4. The van der Waals surface area contributed by atoms with E-state index in [0.717, 1.165) is 54.7 Å². The minimum absolute atomic E-state index is 0.0164. The SMILES string of the molecule is O=C(NCCO)C(=O)Nc1nn(C2[C@@H]3CC4C[C@H]2CC(O)(C4)C3)c2c1CNc1[nH]ccc1-2. The molecule has 3 unspecified atom stereocenters. The maximum absolute atomic E-state index is 12.5. The van der Waals surface area contributed by atoms with Crippen molar-refractivity contribution in [3.63, 3.8) is 0 Å². The molecule has 0 aromatic carbocycles. The van der Waals surface area contributed by atoms with E-state index in [4.69, 9.17) is 10.2 Å². The highest BCUT2D eigenvalue weighted by atomic mass is 16.3. The van der Waals surface area contributed by atoms with Crippen molar-refractivity contribution in [3.8, 4) is 11.3 Å². The van der Waals surface area contributed by atoms with E-state index < -0.39 is 17.4 Å². The van der Waals surface area contributed by atoms with Crippen LogP contribution in [-0.2, 0) is 16.1 Å². The van der Waals surface area contributed by atoms with Crippen LogP contribution >= 0.6 is 0 Å². The van der Waals surface area contributed by atoms with E-state index in [1.807, 2.05) is 12.3 Å². The van der Waals surface area contributed by atoms with Gasteiger partial charge < -0.3 is 31.1 Å². The van der Waals surface area contributed by atoms with Crippen LogP contribution in [-0.4, -0.2) is 55.5 Å². The standard InChI is InChI=1S/C22H28N6O4/c29-4-3-24-20(30)21(31)26-19-15-10-25-18-14(1-2-23-18)17(15)28(27-19)16-12-5-11-6-13(16)9-22(32,7-11)8-12/h1-2,11-13,16,23,25,29,32H,3-10H2,(H,24,30)(H,26,27,31)/t11?,12-,13+,16?,22?. The number of carbonyl (C=O) groups excluding carboxylic acids is 2. The summed E-state index contributed by atoms with van der Waals surface area (Å²) in [5.74, 6) is 0.984. The summed E-state index contributed by atoms with van der Waals surface area (Å²) in [5.41, 5.74) is 2.28. The van der Waals surface area contributed by atoms with Crippen molar-refractivity contribution in [2.45, 2.75) is 50.3 Å². The van der Waals surface area contributed by atoms with Crippen molar-refractivity contribution in [3.05, 3.63) is 17.8 Å². The average molecular weight is 441 g/mol. The summed E-state index contributed by atoms with van der Waals surface area (Å²) in [7, 11) is 0. The Morgan fingerprint density at radius 2 is 2.00 bits per heavy atom. The monoisotopic (exact) mass is 440 g/mol. The molecule has 4 saturated carbocycles. The Morgan fingerprint density at radius 3 is 2.72 bits per heavy atom. The molecule has 3 heterocycles. The number of aromatic nitrogens is 3. The summed E-state index contributed by atoms with van der Waals surface area (Å²) in [4.78, 5) is 27.7. The largest absolute Gasteiger partial charge is 0.395 e.